The van der Waals surface area contributed by atoms with Gasteiger partial charge in [-0.2, -0.15) is 23.6 Å². The molecule has 56 heavy (non-hydrogen) atoms. The van der Waals surface area contributed by atoms with Gasteiger partial charge in [0.1, 0.15) is 5.82 Å². The second kappa shape index (κ2) is 16.9. The summed E-state index contributed by atoms with van der Waals surface area (Å²) >= 11 is 0. The third-order valence-corrected chi connectivity index (χ3v) is 10.4. The van der Waals surface area contributed by atoms with E-state index in [2.05, 4.69) is 51.2 Å². The first-order chi connectivity index (χ1) is 26.7. The van der Waals surface area contributed by atoms with Crippen molar-refractivity contribution in [3.8, 4) is 11.1 Å². The Morgan fingerprint density at radius 1 is 0.839 bits per heavy atom. The third kappa shape index (κ3) is 9.15. The Balaban J connectivity index is 1.14. The Bertz CT molecular complexity index is 2060. The van der Waals surface area contributed by atoms with E-state index in [-0.39, 0.29) is 30.4 Å². The van der Waals surface area contributed by atoms with E-state index in [1.165, 1.54) is 17.2 Å². The van der Waals surface area contributed by atoms with Crippen molar-refractivity contribution in [1.82, 2.24) is 51.2 Å². The van der Waals surface area contributed by atoms with Crippen LogP contribution in [0.4, 0.5) is 19.0 Å². The molecule has 1 saturated heterocycles. The summed E-state index contributed by atoms with van der Waals surface area (Å²) in [6.07, 6.45) is 2.68. The fraction of sp³-hybridized carbons (Fsp3) is 0.459. The number of tetrazole rings is 2. The average molecular weight is 778 g/mol. The van der Waals surface area contributed by atoms with E-state index in [1.807, 2.05) is 44.2 Å². The van der Waals surface area contributed by atoms with Gasteiger partial charge in [0.25, 0.3) is 0 Å². The van der Waals surface area contributed by atoms with E-state index >= 15 is 0 Å². The molecule has 296 valence electrons. The van der Waals surface area contributed by atoms with Gasteiger partial charge in [0.15, 0.2) is 17.2 Å². The van der Waals surface area contributed by atoms with Gasteiger partial charge < -0.3 is 20.2 Å². The van der Waals surface area contributed by atoms with Crippen LogP contribution >= 0.6 is 0 Å². The second-order valence-electron chi connectivity index (χ2n) is 14.6. The summed E-state index contributed by atoms with van der Waals surface area (Å²) in [5.74, 6) is -4.09. The molecule has 5 N–H and O–H groups in total. The molecule has 5 heterocycles. The standard InChI is InChI=1S/C37H42F3N11O5/c1-3-5-27(34(52)53)28(32-43-47-48-44-32)14-22-6-4-7-25(12-22)26-13-24(16-41-18-26)10-21(2)11-30(35(54)55)29(33-45-49-50-46-33)15-23-8-9-31(42-17-23)51-19-36(56,20-51)37(38,39)40/h4,6-9,12-13,16-18,21,27-30,56H,3,5,10-11,14-15,19-20H2,1-2H3,(H,52,53)(H,54,55)(H,43,44,47,48)(H,45,46,49,50)/t21?,27-,28-,29-,30-/m0/s1. The van der Waals surface area contributed by atoms with E-state index in [1.54, 1.807) is 18.5 Å². The van der Waals surface area contributed by atoms with Crippen molar-refractivity contribution in [2.24, 2.45) is 17.8 Å². The van der Waals surface area contributed by atoms with Crippen LogP contribution in [0, 0.1) is 17.8 Å². The molecule has 1 aromatic carbocycles. The van der Waals surface area contributed by atoms with E-state index in [9.17, 15) is 38.1 Å². The monoisotopic (exact) mass is 777 g/mol. The van der Waals surface area contributed by atoms with Crippen molar-refractivity contribution in [1.29, 1.82) is 0 Å². The lowest BCUT2D eigenvalue weighted by Gasteiger charge is -2.47. The van der Waals surface area contributed by atoms with Crippen LogP contribution in [0.2, 0.25) is 0 Å². The van der Waals surface area contributed by atoms with Crippen LogP contribution in [-0.2, 0) is 28.9 Å². The summed E-state index contributed by atoms with van der Waals surface area (Å²) in [7, 11) is 0. The molecule has 0 bridgehead atoms. The van der Waals surface area contributed by atoms with Gasteiger partial charge in [-0.25, -0.2) is 4.98 Å². The summed E-state index contributed by atoms with van der Waals surface area (Å²) in [6, 6.07) is 13.0. The van der Waals surface area contributed by atoms with Crippen LogP contribution in [0.15, 0.2) is 61.1 Å². The largest absolute Gasteiger partial charge is 0.481 e. The fourth-order valence-electron chi connectivity index (χ4n) is 7.44. The lowest BCUT2D eigenvalue weighted by atomic mass is 9.79. The number of pyridine rings is 2. The third-order valence-electron chi connectivity index (χ3n) is 10.4. The highest BCUT2D eigenvalue weighted by Gasteiger charge is 2.61. The zero-order valence-corrected chi connectivity index (χ0v) is 30.6. The van der Waals surface area contributed by atoms with Crippen molar-refractivity contribution < 1.29 is 38.1 Å². The molecule has 0 radical (unpaired) electrons. The number of nitrogens with one attached hydrogen (secondary N) is 2. The van der Waals surface area contributed by atoms with Crippen LogP contribution in [0.1, 0.15) is 73.3 Å². The Morgan fingerprint density at radius 3 is 2.05 bits per heavy atom. The van der Waals surface area contributed by atoms with Gasteiger partial charge >= 0.3 is 18.1 Å². The molecule has 6 rings (SSSR count). The summed E-state index contributed by atoms with van der Waals surface area (Å²) < 4.78 is 39.3. The SMILES string of the molecule is CCC[C@H](C(=O)O)[C@H](Cc1cccc(-c2cncc(CC(C)C[C@H](C(=O)O)[C@H](Cc3ccc(N4CC(O)(C(F)(F)F)C4)nc3)c3nn[nH]n3)c2)c1)c1nn[nH]n1. The number of aliphatic carboxylic acids is 2. The predicted molar refractivity (Wildman–Crippen MR) is 193 cm³/mol. The first-order valence-corrected chi connectivity index (χ1v) is 18.2. The topological polar surface area (TPSA) is 233 Å². The number of anilines is 1. The first kappa shape index (κ1) is 39.8. The molecule has 4 aromatic heterocycles. The number of aliphatic hydroxyl groups is 1. The number of rotatable bonds is 18. The molecule has 0 saturated carbocycles. The zero-order valence-electron chi connectivity index (χ0n) is 30.6. The number of carboxylic acid groups (broad SMARTS) is 2. The molecule has 5 aromatic rings. The van der Waals surface area contributed by atoms with Crippen molar-refractivity contribution in [2.45, 2.75) is 76.0 Å². The molecule has 1 aliphatic rings. The normalized spacial score (nSPS) is 16.7. The number of carboxylic acids is 2. The second-order valence-corrected chi connectivity index (χ2v) is 14.6. The predicted octanol–water partition coefficient (Wildman–Crippen LogP) is 4.41. The molecular formula is C37H42F3N11O5. The molecule has 16 nitrogen and oxygen atoms in total. The number of hydrogen-bond acceptors (Lipinski definition) is 12. The maximum atomic E-state index is 13.1. The summed E-state index contributed by atoms with van der Waals surface area (Å²) in [6.45, 7) is 2.63. The lowest BCUT2D eigenvalue weighted by molar-refractivity contribution is -0.267. The average Bonchev–Trinajstić information content (AvgIpc) is 3.89. The fourth-order valence-corrected chi connectivity index (χ4v) is 7.44. The number of β-amino-alcohol motifs (C(OH)–C–C–N with tert-alkyl or cyclic N) is 1. The minimum Gasteiger partial charge on any atom is -0.481 e. The Hall–Kier alpha value is -5.85. The minimum atomic E-state index is -4.75. The number of halogens is 3. The number of carbonyl (C=O) groups is 2. The molecule has 1 unspecified atom stereocenters. The highest BCUT2D eigenvalue weighted by molar-refractivity contribution is 5.72. The van der Waals surface area contributed by atoms with Crippen LogP contribution in [0.5, 0.6) is 0 Å². The molecule has 5 atom stereocenters. The summed E-state index contributed by atoms with van der Waals surface area (Å²) in [4.78, 5) is 35.1. The number of H-pyrrole nitrogens is 2. The molecular weight excluding hydrogens is 735 g/mol. The highest BCUT2D eigenvalue weighted by atomic mass is 19.4. The number of benzene rings is 1. The Labute approximate surface area is 319 Å². The van der Waals surface area contributed by atoms with Crippen molar-refractivity contribution in [3.05, 3.63) is 89.4 Å². The van der Waals surface area contributed by atoms with Gasteiger partial charge in [-0.3, -0.25) is 14.6 Å². The van der Waals surface area contributed by atoms with Crippen molar-refractivity contribution in [3.63, 3.8) is 0 Å². The number of hydrogen-bond donors (Lipinski definition) is 5. The molecule has 19 heteroatoms. The number of aromatic nitrogens is 10. The highest BCUT2D eigenvalue weighted by Crippen LogP contribution is 2.40. The van der Waals surface area contributed by atoms with Crippen LogP contribution in [0.25, 0.3) is 11.1 Å². The molecule has 1 aliphatic heterocycles. The molecule has 0 aliphatic carbocycles. The molecule has 1 fully saturated rings. The number of aromatic amines is 2. The van der Waals surface area contributed by atoms with Crippen molar-refractivity contribution >= 4 is 17.8 Å². The van der Waals surface area contributed by atoms with Gasteiger partial charge in [-0.1, -0.05) is 61.0 Å². The molecule has 0 amide bonds. The van der Waals surface area contributed by atoms with Crippen molar-refractivity contribution in [2.75, 3.05) is 18.0 Å². The summed E-state index contributed by atoms with van der Waals surface area (Å²) in [5, 5.41) is 58.8. The molecule has 0 spiro atoms. The first-order valence-electron chi connectivity index (χ1n) is 18.2. The van der Waals surface area contributed by atoms with Crippen LogP contribution in [0.3, 0.4) is 0 Å². The van der Waals surface area contributed by atoms with E-state index in [4.69, 9.17) is 0 Å². The van der Waals surface area contributed by atoms with Gasteiger partial charge in [0.2, 0.25) is 0 Å². The van der Waals surface area contributed by atoms with E-state index < -0.39 is 60.5 Å². The van der Waals surface area contributed by atoms with Gasteiger partial charge in [-0.15, -0.1) is 20.4 Å². The quantitative estimate of drug-likeness (QED) is 0.0830. The maximum absolute atomic E-state index is 13.1. The van der Waals surface area contributed by atoms with Gasteiger partial charge in [0.05, 0.1) is 24.9 Å². The van der Waals surface area contributed by atoms with Gasteiger partial charge in [0, 0.05) is 36.0 Å². The lowest BCUT2D eigenvalue weighted by Crippen LogP contribution is -2.69. The Kier molecular flexibility index (Phi) is 12.0. The zero-order chi connectivity index (χ0) is 40.0. The minimum absolute atomic E-state index is 0.129. The number of nitrogens with zero attached hydrogens (tertiary/aromatic N) is 9. The summed E-state index contributed by atoms with van der Waals surface area (Å²) in [5.41, 5.74) is 1.35. The van der Waals surface area contributed by atoms with Gasteiger partial charge in [-0.05, 0) is 72.4 Å². The van der Waals surface area contributed by atoms with E-state index in [0.717, 1.165) is 22.3 Å². The Morgan fingerprint density at radius 2 is 1.48 bits per heavy atom. The number of alkyl halides is 3. The maximum Gasteiger partial charge on any atom is 0.420 e. The smallest absolute Gasteiger partial charge is 0.420 e. The van der Waals surface area contributed by atoms with Crippen LogP contribution in [-0.4, -0.2) is 103 Å². The van der Waals surface area contributed by atoms with E-state index in [0.29, 0.717) is 37.1 Å². The van der Waals surface area contributed by atoms with Crippen LogP contribution < -0.4 is 4.90 Å².